The van der Waals surface area contributed by atoms with E-state index >= 15 is 0 Å². The summed E-state index contributed by atoms with van der Waals surface area (Å²) in [4.78, 5) is 0. The SMILES string of the molecule is Cc1c(Br)cccc1CNC(C)(C)C. The summed E-state index contributed by atoms with van der Waals surface area (Å²) in [6, 6.07) is 6.32. The Morgan fingerprint density at radius 2 is 1.93 bits per heavy atom. The lowest BCUT2D eigenvalue weighted by Crippen LogP contribution is -2.35. The molecule has 0 aromatic heterocycles. The van der Waals surface area contributed by atoms with Crippen LogP contribution in [-0.4, -0.2) is 5.54 Å². The van der Waals surface area contributed by atoms with E-state index in [-0.39, 0.29) is 5.54 Å². The monoisotopic (exact) mass is 255 g/mol. The molecule has 0 saturated carbocycles. The third kappa shape index (κ3) is 3.43. The van der Waals surface area contributed by atoms with Crippen LogP contribution in [0.25, 0.3) is 0 Å². The van der Waals surface area contributed by atoms with E-state index in [2.05, 4.69) is 67.1 Å². The lowest BCUT2D eigenvalue weighted by Gasteiger charge is -2.21. The number of nitrogens with one attached hydrogen (secondary N) is 1. The van der Waals surface area contributed by atoms with Crippen molar-refractivity contribution in [2.75, 3.05) is 0 Å². The molecule has 0 aliphatic heterocycles. The lowest BCUT2D eigenvalue weighted by atomic mass is 10.1. The van der Waals surface area contributed by atoms with E-state index in [0.717, 1.165) is 6.54 Å². The Balaban J connectivity index is 2.73. The highest BCUT2D eigenvalue weighted by atomic mass is 79.9. The van der Waals surface area contributed by atoms with E-state index in [1.165, 1.54) is 15.6 Å². The van der Waals surface area contributed by atoms with Crippen LogP contribution in [0.1, 0.15) is 31.9 Å². The van der Waals surface area contributed by atoms with Crippen LogP contribution in [0.3, 0.4) is 0 Å². The van der Waals surface area contributed by atoms with Crippen LogP contribution in [-0.2, 0) is 6.54 Å². The zero-order chi connectivity index (χ0) is 10.8. The van der Waals surface area contributed by atoms with Crippen molar-refractivity contribution in [2.45, 2.75) is 39.8 Å². The molecule has 0 aliphatic rings. The first kappa shape index (κ1) is 11.7. The zero-order valence-electron chi connectivity index (χ0n) is 9.32. The van der Waals surface area contributed by atoms with Gasteiger partial charge in [-0.2, -0.15) is 0 Å². The molecular formula is C12H18BrN. The number of rotatable bonds is 2. The second-order valence-electron chi connectivity index (χ2n) is 4.63. The second kappa shape index (κ2) is 4.45. The van der Waals surface area contributed by atoms with Crippen molar-refractivity contribution in [3.63, 3.8) is 0 Å². The Morgan fingerprint density at radius 3 is 2.50 bits per heavy atom. The molecule has 1 aromatic carbocycles. The molecule has 1 N–H and O–H groups in total. The molecule has 1 aromatic rings. The standard InChI is InChI=1S/C12H18BrN/c1-9-10(6-5-7-11(9)13)8-14-12(2,3)4/h5-7,14H,8H2,1-4H3. The molecule has 0 fully saturated rings. The number of halogens is 1. The molecule has 78 valence electrons. The molecule has 14 heavy (non-hydrogen) atoms. The Kier molecular flexibility index (Phi) is 3.73. The summed E-state index contributed by atoms with van der Waals surface area (Å²) in [5.74, 6) is 0. The number of benzene rings is 1. The largest absolute Gasteiger partial charge is 0.308 e. The van der Waals surface area contributed by atoms with Gasteiger partial charge >= 0.3 is 0 Å². The van der Waals surface area contributed by atoms with Gasteiger partial charge in [-0.3, -0.25) is 0 Å². The minimum absolute atomic E-state index is 0.175. The van der Waals surface area contributed by atoms with Crippen molar-refractivity contribution in [1.29, 1.82) is 0 Å². The molecule has 0 unspecified atom stereocenters. The summed E-state index contributed by atoms with van der Waals surface area (Å²) in [7, 11) is 0. The van der Waals surface area contributed by atoms with Crippen LogP contribution in [0.2, 0.25) is 0 Å². The molecule has 1 rings (SSSR count). The van der Waals surface area contributed by atoms with Crippen LogP contribution in [0.15, 0.2) is 22.7 Å². The molecule has 0 saturated heterocycles. The van der Waals surface area contributed by atoms with E-state index in [1.807, 2.05) is 0 Å². The minimum Gasteiger partial charge on any atom is -0.308 e. The van der Waals surface area contributed by atoms with Gasteiger partial charge in [0, 0.05) is 16.6 Å². The molecule has 0 atom stereocenters. The maximum Gasteiger partial charge on any atom is 0.0213 e. The third-order valence-electron chi connectivity index (χ3n) is 2.19. The van der Waals surface area contributed by atoms with Crippen molar-refractivity contribution >= 4 is 15.9 Å². The maximum atomic E-state index is 3.54. The van der Waals surface area contributed by atoms with Crippen molar-refractivity contribution in [1.82, 2.24) is 5.32 Å². The van der Waals surface area contributed by atoms with E-state index in [0.29, 0.717) is 0 Å². The molecule has 0 aliphatic carbocycles. The molecule has 0 amide bonds. The van der Waals surface area contributed by atoms with Gasteiger partial charge in [0.25, 0.3) is 0 Å². The average molecular weight is 256 g/mol. The molecular weight excluding hydrogens is 238 g/mol. The highest BCUT2D eigenvalue weighted by Gasteiger charge is 2.09. The summed E-state index contributed by atoms with van der Waals surface area (Å²) < 4.78 is 1.19. The van der Waals surface area contributed by atoms with E-state index in [4.69, 9.17) is 0 Å². The van der Waals surface area contributed by atoms with Gasteiger partial charge in [-0.1, -0.05) is 28.1 Å². The van der Waals surface area contributed by atoms with Gasteiger partial charge in [-0.25, -0.2) is 0 Å². The van der Waals surface area contributed by atoms with Crippen molar-refractivity contribution in [3.05, 3.63) is 33.8 Å². The number of hydrogen-bond donors (Lipinski definition) is 1. The van der Waals surface area contributed by atoms with Gasteiger partial charge in [0.1, 0.15) is 0 Å². The first-order valence-corrected chi connectivity index (χ1v) is 5.68. The van der Waals surface area contributed by atoms with Crippen molar-refractivity contribution < 1.29 is 0 Å². The fourth-order valence-electron chi connectivity index (χ4n) is 1.20. The minimum atomic E-state index is 0.175. The fraction of sp³-hybridized carbons (Fsp3) is 0.500. The third-order valence-corrected chi connectivity index (χ3v) is 3.05. The predicted octanol–water partition coefficient (Wildman–Crippen LogP) is 3.65. The van der Waals surface area contributed by atoms with Crippen LogP contribution < -0.4 is 5.32 Å². The second-order valence-corrected chi connectivity index (χ2v) is 5.48. The summed E-state index contributed by atoms with van der Waals surface area (Å²) >= 11 is 3.54. The van der Waals surface area contributed by atoms with E-state index in [1.54, 1.807) is 0 Å². The Hall–Kier alpha value is -0.340. The van der Waals surface area contributed by atoms with Gasteiger partial charge < -0.3 is 5.32 Å². The first-order valence-electron chi connectivity index (χ1n) is 4.89. The summed E-state index contributed by atoms with van der Waals surface area (Å²) in [6.07, 6.45) is 0. The normalized spacial score (nSPS) is 11.8. The highest BCUT2D eigenvalue weighted by Crippen LogP contribution is 2.19. The zero-order valence-corrected chi connectivity index (χ0v) is 10.9. The summed E-state index contributed by atoms with van der Waals surface area (Å²) in [5, 5.41) is 3.49. The molecule has 0 spiro atoms. The maximum absolute atomic E-state index is 3.54. The molecule has 0 radical (unpaired) electrons. The number of hydrogen-bond acceptors (Lipinski definition) is 1. The highest BCUT2D eigenvalue weighted by molar-refractivity contribution is 9.10. The molecule has 1 nitrogen and oxygen atoms in total. The Bertz CT molecular complexity index is 313. The van der Waals surface area contributed by atoms with Crippen molar-refractivity contribution in [3.8, 4) is 0 Å². The Labute approximate surface area is 95.0 Å². The lowest BCUT2D eigenvalue weighted by molar-refractivity contribution is 0.424. The van der Waals surface area contributed by atoms with Crippen LogP contribution in [0, 0.1) is 6.92 Å². The first-order chi connectivity index (χ1) is 6.40. The topological polar surface area (TPSA) is 12.0 Å². The predicted molar refractivity (Wildman–Crippen MR) is 65.5 cm³/mol. The van der Waals surface area contributed by atoms with Gasteiger partial charge in [-0.15, -0.1) is 0 Å². The van der Waals surface area contributed by atoms with Gasteiger partial charge in [0.15, 0.2) is 0 Å². The Morgan fingerprint density at radius 1 is 1.29 bits per heavy atom. The molecule has 0 heterocycles. The van der Waals surface area contributed by atoms with Gasteiger partial charge in [0.2, 0.25) is 0 Å². The van der Waals surface area contributed by atoms with Crippen LogP contribution in [0.5, 0.6) is 0 Å². The van der Waals surface area contributed by atoms with E-state index < -0.39 is 0 Å². The smallest absolute Gasteiger partial charge is 0.0213 e. The van der Waals surface area contributed by atoms with Crippen molar-refractivity contribution in [2.24, 2.45) is 0 Å². The van der Waals surface area contributed by atoms with E-state index in [9.17, 15) is 0 Å². The summed E-state index contributed by atoms with van der Waals surface area (Å²) in [6.45, 7) is 9.61. The van der Waals surface area contributed by atoms with Crippen LogP contribution >= 0.6 is 15.9 Å². The molecule has 2 heteroatoms. The quantitative estimate of drug-likeness (QED) is 0.851. The molecule has 0 bridgehead atoms. The van der Waals surface area contributed by atoms with Gasteiger partial charge in [0.05, 0.1) is 0 Å². The average Bonchev–Trinajstić information content (AvgIpc) is 2.06. The van der Waals surface area contributed by atoms with Gasteiger partial charge in [-0.05, 0) is 44.9 Å². The summed E-state index contributed by atoms with van der Waals surface area (Å²) in [5.41, 5.74) is 2.85. The van der Waals surface area contributed by atoms with Crippen LogP contribution in [0.4, 0.5) is 0 Å². The fourth-order valence-corrected chi connectivity index (χ4v) is 1.61.